The van der Waals surface area contributed by atoms with Crippen LogP contribution in [0, 0.1) is 5.41 Å². The minimum Gasteiger partial charge on any atom is -0.443 e. The van der Waals surface area contributed by atoms with Crippen LogP contribution in [0.1, 0.15) is 37.6 Å². The number of carbonyl (C=O) groups excluding carboxylic acids is 2. The molecule has 10 heteroatoms. The van der Waals surface area contributed by atoms with Crippen LogP contribution in [0.3, 0.4) is 0 Å². The van der Waals surface area contributed by atoms with E-state index >= 15 is 0 Å². The maximum absolute atomic E-state index is 13.5. The molecule has 1 aliphatic heterocycles. The quantitative estimate of drug-likeness (QED) is 0.409. The summed E-state index contributed by atoms with van der Waals surface area (Å²) in [6.45, 7) is 11.0. The van der Waals surface area contributed by atoms with Gasteiger partial charge in [0.25, 0.3) is 11.5 Å². The second-order valence-corrected chi connectivity index (χ2v) is 10.7. The monoisotopic (exact) mass is 535 g/mol. The van der Waals surface area contributed by atoms with Gasteiger partial charge in [0.1, 0.15) is 17.8 Å². The van der Waals surface area contributed by atoms with Gasteiger partial charge in [-0.1, -0.05) is 44.2 Å². The molecule has 38 heavy (non-hydrogen) atoms. The number of nitrogens with zero attached hydrogens (tertiary/aromatic N) is 4. The molecule has 1 fully saturated rings. The van der Waals surface area contributed by atoms with Crippen molar-refractivity contribution < 1.29 is 14.0 Å². The van der Waals surface area contributed by atoms with Crippen LogP contribution in [-0.2, 0) is 11.3 Å². The number of carbonyl (C=O) groups is 2. The molecule has 0 aromatic carbocycles. The van der Waals surface area contributed by atoms with Crippen LogP contribution >= 0.6 is 11.6 Å². The molecule has 1 aliphatic rings. The molecule has 0 unspecified atom stereocenters. The minimum atomic E-state index is -0.580. The molecule has 4 heterocycles. The summed E-state index contributed by atoms with van der Waals surface area (Å²) in [6.07, 6.45) is 10.2. The number of pyridine rings is 2. The Labute approximate surface area is 225 Å². The first-order valence-corrected chi connectivity index (χ1v) is 12.6. The van der Waals surface area contributed by atoms with Gasteiger partial charge in [-0.25, -0.2) is 9.97 Å². The Bertz CT molecular complexity index is 1490. The van der Waals surface area contributed by atoms with Crippen molar-refractivity contribution in [1.82, 2.24) is 24.8 Å². The van der Waals surface area contributed by atoms with E-state index in [9.17, 15) is 14.4 Å². The first kappa shape index (κ1) is 27.1. The predicted molar refractivity (Wildman–Crippen MR) is 147 cm³/mol. The van der Waals surface area contributed by atoms with Crippen molar-refractivity contribution in [3.8, 4) is 11.3 Å². The predicted octanol–water partition coefficient (Wildman–Crippen LogP) is 4.29. The molecule has 0 saturated carbocycles. The van der Waals surface area contributed by atoms with E-state index in [0.29, 0.717) is 46.9 Å². The van der Waals surface area contributed by atoms with Gasteiger partial charge >= 0.3 is 0 Å². The van der Waals surface area contributed by atoms with Crippen molar-refractivity contribution in [2.75, 3.05) is 19.6 Å². The van der Waals surface area contributed by atoms with Gasteiger partial charge in [0.15, 0.2) is 12.2 Å². The van der Waals surface area contributed by atoms with Gasteiger partial charge in [-0.05, 0) is 42.5 Å². The topological polar surface area (TPSA) is 110 Å². The Balaban J connectivity index is 1.65. The third-order valence-corrected chi connectivity index (χ3v) is 6.39. The zero-order valence-corrected chi connectivity index (χ0v) is 22.4. The largest absolute Gasteiger partial charge is 0.443 e. The lowest BCUT2D eigenvalue weighted by Crippen LogP contribution is -2.56. The lowest BCUT2D eigenvalue weighted by atomic mass is 9.84. The van der Waals surface area contributed by atoms with E-state index in [1.54, 1.807) is 42.4 Å². The molecule has 3 aromatic rings. The molecular formula is C28H30ClN5O4. The van der Waals surface area contributed by atoms with Crippen molar-refractivity contribution in [3.05, 3.63) is 82.2 Å². The summed E-state index contributed by atoms with van der Waals surface area (Å²) in [6, 6.07) is 3.25. The smallest absolute Gasteiger partial charge is 0.265 e. The molecule has 1 N–H and O–H groups in total. The summed E-state index contributed by atoms with van der Waals surface area (Å²) in [4.78, 5) is 49.7. The summed E-state index contributed by atoms with van der Waals surface area (Å²) in [5.41, 5.74) is 1.21. The Hall–Kier alpha value is -3.98. The van der Waals surface area contributed by atoms with Crippen LogP contribution in [0.5, 0.6) is 0 Å². The first-order valence-electron chi connectivity index (χ1n) is 12.2. The van der Waals surface area contributed by atoms with E-state index in [2.05, 4.69) is 35.7 Å². The van der Waals surface area contributed by atoms with Crippen molar-refractivity contribution in [2.24, 2.45) is 5.41 Å². The maximum Gasteiger partial charge on any atom is 0.265 e. The Kier molecular flexibility index (Phi) is 7.97. The van der Waals surface area contributed by atoms with Crippen molar-refractivity contribution in [2.45, 2.75) is 33.7 Å². The first-order chi connectivity index (χ1) is 18.1. The van der Waals surface area contributed by atoms with Gasteiger partial charge in [0.2, 0.25) is 5.91 Å². The van der Waals surface area contributed by atoms with E-state index in [1.807, 2.05) is 6.08 Å². The van der Waals surface area contributed by atoms with Gasteiger partial charge in [-0.2, -0.15) is 0 Å². The number of nitrogens with one attached hydrogen (secondary N) is 1. The molecule has 0 radical (unpaired) electrons. The highest BCUT2D eigenvalue weighted by Gasteiger charge is 2.37. The summed E-state index contributed by atoms with van der Waals surface area (Å²) in [5.74, 6) is -0.248. The number of aromatic nitrogens is 3. The molecule has 0 bridgehead atoms. The highest BCUT2D eigenvalue weighted by Crippen LogP contribution is 2.29. The van der Waals surface area contributed by atoms with E-state index in [0.717, 1.165) is 5.57 Å². The van der Waals surface area contributed by atoms with Crippen molar-refractivity contribution in [1.29, 1.82) is 0 Å². The van der Waals surface area contributed by atoms with Crippen LogP contribution < -0.4 is 10.9 Å². The van der Waals surface area contributed by atoms with Crippen LogP contribution in [0.2, 0.25) is 0 Å². The molecule has 9 nitrogen and oxygen atoms in total. The van der Waals surface area contributed by atoms with E-state index in [4.69, 9.17) is 16.0 Å². The summed E-state index contributed by atoms with van der Waals surface area (Å²) in [7, 11) is 0. The minimum absolute atomic E-state index is 0.0473. The molecule has 2 amide bonds. The van der Waals surface area contributed by atoms with Crippen LogP contribution in [0.25, 0.3) is 22.4 Å². The number of fused-ring (bicyclic) bond motifs is 1. The molecule has 4 rings (SSSR count). The van der Waals surface area contributed by atoms with E-state index < -0.39 is 11.5 Å². The second-order valence-electron chi connectivity index (χ2n) is 10.1. The van der Waals surface area contributed by atoms with E-state index in [-0.39, 0.29) is 30.0 Å². The third kappa shape index (κ3) is 6.11. The van der Waals surface area contributed by atoms with Crippen LogP contribution in [0.4, 0.5) is 0 Å². The van der Waals surface area contributed by atoms with Gasteiger partial charge in [0.05, 0.1) is 6.20 Å². The number of rotatable bonds is 9. The highest BCUT2D eigenvalue weighted by molar-refractivity contribution is 6.29. The SMILES string of the molecule is C=CC(=CC=C(C)Cl)CCNC(=O)c1cc2cc(-c3cnco3)cnc2n(CC(=O)N2CC(C)(C)C2)c1=O. The molecule has 0 aliphatic carbocycles. The summed E-state index contributed by atoms with van der Waals surface area (Å²) >= 11 is 5.88. The lowest BCUT2D eigenvalue weighted by Gasteiger charge is -2.45. The highest BCUT2D eigenvalue weighted by atomic mass is 35.5. The fourth-order valence-corrected chi connectivity index (χ4v) is 4.42. The van der Waals surface area contributed by atoms with Gasteiger partial charge in [-0.3, -0.25) is 19.0 Å². The molecule has 0 spiro atoms. The average Bonchev–Trinajstić information content (AvgIpc) is 3.40. The number of halogens is 1. The normalized spacial score (nSPS) is 15.3. The molecule has 3 aromatic heterocycles. The van der Waals surface area contributed by atoms with Crippen molar-refractivity contribution >= 4 is 34.4 Å². The molecule has 198 valence electrons. The number of oxazole rings is 1. The van der Waals surface area contributed by atoms with Crippen LogP contribution in [0.15, 0.2) is 75.5 Å². The fraction of sp³-hybridized carbons (Fsp3) is 0.321. The average molecular weight is 536 g/mol. The van der Waals surface area contributed by atoms with E-state index in [1.165, 1.54) is 17.0 Å². The van der Waals surface area contributed by atoms with Gasteiger partial charge in [0, 0.05) is 41.8 Å². The molecular weight excluding hydrogens is 506 g/mol. The fourth-order valence-electron chi connectivity index (χ4n) is 4.36. The molecule has 0 atom stereocenters. The third-order valence-electron chi connectivity index (χ3n) is 6.26. The zero-order chi connectivity index (χ0) is 27.4. The lowest BCUT2D eigenvalue weighted by molar-refractivity contribution is -0.142. The zero-order valence-electron chi connectivity index (χ0n) is 21.7. The standard InChI is InChI=1S/C28H30ClN5O4/c1-5-19(7-6-18(2)29)8-9-31-26(36)22-11-20-10-21(23-13-30-17-38-23)12-32-25(20)34(27(22)37)14-24(35)33-15-28(3,4)16-33/h5-7,10-13,17H,1,8-9,14-16H2,2-4H3,(H,31,36). The summed E-state index contributed by atoms with van der Waals surface area (Å²) < 4.78 is 6.64. The number of hydrogen-bond donors (Lipinski definition) is 1. The van der Waals surface area contributed by atoms with Crippen molar-refractivity contribution in [3.63, 3.8) is 0 Å². The Morgan fingerprint density at radius 1 is 1.24 bits per heavy atom. The maximum atomic E-state index is 13.5. The number of allylic oxidation sites excluding steroid dienone is 4. The second kappa shape index (κ2) is 11.2. The van der Waals surface area contributed by atoms with Gasteiger partial charge in [-0.15, -0.1) is 0 Å². The van der Waals surface area contributed by atoms with Gasteiger partial charge < -0.3 is 14.6 Å². The molecule has 1 saturated heterocycles. The number of likely N-dealkylation sites (tertiary alicyclic amines) is 1. The Morgan fingerprint density at radius 2 is 2.00 bits per heavy atom. The number of hydrogen-bond acceptors (Lipinski definition) is 6. The Morgan fingerprint density at radius 3 is 2.63 bits per heavy atom. The van der Waals surface area contributed by atoms with Crippen LogP contribution in [-0.4, -0.2) is 50.9 Å². The summed E-state index contributed by atoms with van der Waals surface area (Å²) in [5, 5.41) is 3.94. The number of amides is 2.